The van der Waals surface area contributed by atoms with E-state index in [4.69, 9.17) is 4.74 Å². The van der Waals surface area contributed by atoms with Crippen molar-refractivity contribution in [3.8, 4) is 0 Å². The molecule has 1 unspecified atom stereocenters. The highest BCUT2D eigenvalue weighted by Gasteiger charge is 2.34. The number of amides is 1. The van der Waals surface area contributed by atoms with E-state index in [2.05, 4.69) is 15.3 Å². The maximum atomic E-state index is 12.7. The monoisotopic (exact) mass is 356 g/mol. The van der Waals surface area contributed by atoms with Gasteiger partial charge in [-0.2, -0.15) is 0 Å². The fourth-order valence-corrected chi connectivity index (χ4v) is 4.47. The predicted molar refractivity (Wildman–Crippen MR) is 90.8 cm³/mol. The molecule has 9 heteroatoms. The minimum atomic E-state index is -3.04. The second-order valence-corrected chi connectivity index (χ2v) is 7.94. The molecule has 134 valence electrons. The molecule has 1 aromatic heterocycles. The Kier molecular flexibility index (Phi) is 6.50. The topological polar surface area (TPSA) is 101 Å². The molecule has 1 fully saturated rings. The summed E-state index contributed by atoms with van der Waals surface area (Å²) in [5.74, 6) is 0.471. The van der Waals surface area contributed by atoms with Crippen molar-refractivity contribution < 1.29 is 17.9 Å². The lowest BCUT2D eigenvalue weighted by atomic mass is 10.2. The summed E-state index contributed by atoms with van der Waals surface area (Å²) in [4.78, 5) is 22.4. The van der Waals surface area contributed by atoms with Crippen LogP contribution in [0, 0.1) is 0 Å². The standard InChI is InChI=1S/C15H24N4O4S/c1-3-19(12-5-8-24(21,22)10-12)15(20)13-9-14(18-11-17-13)16-6-4-7-23-2/h9,11-12H,3-8,10H2,1-2H3,(H,16,17,18). The summed E-state index contributed by atoms with van der Waals surface area (Å²) in [6, 6.07) is 1.32. The average molecular weight is 356 g/mol. The van der Waals surface area contributed by atoms with Gasteiger partial charge in [-0.05, 0) is 19.8 Å². The highest BCUT2D eigenvalue weighted by atomic mass is 32.2. The lowest BCUT2D eigenvalue weighted by molar-refractivity contribution is 0.0702. The first-order valence-electron chi connectivity index (χ1n) is 8.03. The van der Waals surface area contributed by atoms with Crippen LogP contribution in [-0.2, 0) is 14.6 Å². The molecule has 1 atom stereocenters. The molecule has 1 saturated heterocycles. The summed E-state index contributed by atoms with van der Waals surface area (Å²) < 4.78 is 28.3. The number of carbonyl (C=O) groups is 1. The number of aromatic nitrogens is 2. The number of hydrogen-bond donors (Lipinski definition) is 1. The van der Waals surface area contributed by atoms with Gasteiger partial charge in [0.15, 0.2) is 9.84 Å². The van der Waals surface area contributed by atoms with Gasteiger partial charge in [0.2, 0.25) is 0 Å². The number of ether oxygens (including phenoxy) is 1. The Morgan fingerprint density at radius 2 is 2.25 bits per heavy atom. The summed E-state index contributed by atoms with van der Waals surface area (Å²) in [5.41, 5.74) is 0.269. The number of carbonyl (C=O) groups excluding carboxylic acids is 1. The number of nitrogens with one attached hydrogen (secondary N) is 1. The number of nitrogens with zero attached hydrogens (tertiary/aromatic N) is 3. The van der Waals surface area contributed by atoms with E-state index in [0.29, 0.717) is 31.9 Å². The molecule has 0 saturated carbocycles. The number of methoxy groups -OCH3 is 1. The lowest BCUT2D eigenvalue weighted by Gasteiger charge is -2.26. The zero-order chi connectivity index (χ0) is 17.6. The van der Waals surface area contributed by atoms with Crippen LogP contribution in [0.1, 0.15) is 30.3 Å². The van der Waals surface area contributed by atoms with Gasteiger partial charge in [0.25, 0.3) is 5.91 Å². The van der Waals surface area contributed by atoms with E-state index in [1.54, 1.807) is 18.1 Å². The average Bonchev–Trinajstić information content (AvgIpc) is 2.92. The third-order valence-corrected chi connectivity index (χ3v) is 5.72. The number of sulfone groups is 1. The summed E-state index contributed by atoms with van der Waals surface area (Å²) in [5, 5.41) is 3.12. The molecule has 0 aliphatic carbocycles. The van der Waals surface area contributed by atoms with Crippen molar-refractivity contribution in [2.24, 2.45) is 0 Å². The molecule has 1 aliphatic heterocycles. The summed E-state index contributed by atoms with van der Waals surface area (Å²) >= 11 is 0. The highest BCUT2D eigenvalue weighted by molar-refractivity contribution is 7.91. The molecule has 1 N–H and O–H groups in total. The van der Waals surface area contributed by atoms with Crippen LogP contribution < -0.4 is 5.32 Å². The van der Waals surface area contributed by atoms with E-state index in [-0.39, 0.29) is 29.1 Å². The molecule has 1 aromatic rings. The van der Waals surface area contributed by atoms with Crippen LogP contribution >= 0.6 is 0 Å². The van der Waals surface area contributed by atoms with Crippen molar-refractivity contribution in [2.45, 2.75) is 25.8 Å². The minimum Gasteiger partial charge on any atom is -0.385 e. The molecular formula is C15H24N4O4S. The van der Waals surface area contributed by atoms with Gasteiger partial charge in [-0.25, -0.2) is 18.4 Å². The van der Waals surface area contributed by atoms with Crippen LogP contribution in [0.15, 0.2) is 12.4 Å². The van der Waals surface area contributed by atoms with Crippen LogP contribution in [0.2, 0.25) is 0 Å². The van der Waals surface area contributed by atoms with Gasteiger partial charge in [0.05, 0.1) is 11.5 Å². The third kappa shape index (κ3) is 4.88. The molecule has 0 radical (unpaired) electrons. The second kappa shape index (κ2) is 8.39. The smallest absolute Gasteiger partial charge is 0.272 e. The Hall–Kier alpha value is -1.74. The molecule has 1 amide bonds. The fourth-order valence-electron chi connectivity index (χ4n) is 2.74. The van der Waals surface area contributed by atoms with Crippen LogP contribution in [0.3, 0.4) is 0 Å². The van der Waals surface area contributed by atoms with E-state index in [1.807, 2.05) is 6.92 Å². The zero-order valence-electron chi connectivity index (χ0n) is 14.1. The molecule has 2 heterocycles. The van der Waals surface area contributed by atoms with Gasteiger partial charge in [-0.15, -0.1) is 0 Å². The van der Waals surface area contributed by atoms with Crippen molar-refractivity contribution in [1.82, 2.24) is 14.9 Å². The Morgan fingerprint density at radius 3 is 2.88 bits per heavy atom. The summed E-state index contributed by atoms with van der Waals surface area (Å²) in [6.45, 7) is 3.61. The Labute approximate surface area is 142 Å². The van der Waals surface area contributed by atoms with Gasteiger partial charge in [-0.3, -0.25) is 4.79 Å². The maximum Gasteiger partial charge on any atom is 0.272 e. The zero-order valence-corrected chi connectivity index (χ0v) is 14.9. The molecule has 8 nitrogen and oxygen atoms in total. The first kappa shape index (κ1) is 18.6. The number of anilines is 1. The van der Waals surface area contributed by atoms with E-state index in [1.165, 1.54) is 6.33 Å². The molecular weight excluding hydrogens is 332 g/mol. The Balaban J connectivity index is 2.04. The summed E-state index contributed by atoms with van der Waals surface area (Å²) in [6.07, 6.45) is 2.64. The van der Waals surface area contributed by atoms with E-state index < -0.39 is 9.84 Å². The second-order valence-electron chi connectivity index (χ2n) is 5.71. The van der Waals surface area contributed by atoms with Crippen LogP contribution in [0.25, 0.3) is 0 Å². The molecule has 0 spiro atoms. The predicted octanol–water partition coefficient (Wildman–Crippen LogP) is 0.574. The Morgan fingerprint density at radius 1 is 1.46 bits per heavy atom. The third-order valence-electron chi connectivity index (χ3n) is 3.97. The van der Waals surface area contributed by atoms with Gasteiger partial charge in [-0.1, -0.05) is 0 Å². The first-order chi connectivity index (χ1) is 11.5. The van der Waals surface area contributed by atoms with Crippen molar-refractivity contribution in [1.29, 1.82) is 0 Å². The Bertz CT molecular complexity index is 665. The van der Waals surface area contributed by atoms with Crippen LogP contribution in [0.4, 0.5) is 5.82 Å². The maximum absolute atomic E-state index is 12.7. The largest absolute Gasteiger partial charge is 0.385 e. The van der Waals surface area contributed by atoms with E-state index >= 15 is 0 Å². The summed E-state index contributed by atoms with van der Waals surface area (Å²) in [7, 11) is -1.40. The van der Waals surface area contributed by atoms with Crippen molar-refractivity contribution in [3.63, 3.8) is 0 Å². The molecule has 0 bridgehead atoms. The number of rotatable bonds is 8. The van der Waals surface area contributed by atoms with E-state index in [9.17, 15) is 13.2 Å². The molecule has 1 aliphatic rings. The first-order valence-corrected chi connectivity index (χ1v) is 9.85. The fraction of sp³-hybridized carbons (Fsp3) is 0.667. The molecule has 0 aromatic carbocycles. The normalized spacial score (nSPS) is 19.2. The van der Waals surface area contributed by atoms with Gasteiger partial charge in [0.1, 0.15) is 17.8 Å². The SMILES string of the molecule is CCN(C(=O)c1cc(NCCCOC)ncn1)C1CCS(=O)(=O)C1. The van der Waals surface area contributed by atoms with Gasteiger partial charge < -0.3 is 15.0 Å². The minimum absolute atomic E-state index is 0.0276. The van der Waals surface area contributed by atoms with Crippen molar-refractivity contribution in [2.75, 3.05) is 43.6 Å². The van der Waals surface area contributed by atoms with E-state index in [0.717, 1.165) is 6.42 Å². The van der Waals surface area contributed by atoms with Gasteiger partial charge in [0, 0.05) is 38.9 Å². The van der Waals surface area contributed by atoms with Crippen LogP contribution in [-0.4, -0.2) is 73.5 Å². The highest BCUT2D eigenvalue weighted by Crippen LogP contribution is 2.19. The van der Waals surface area contributed by atoms with Gasteiger partial charge >= 0.3 is 0 Å². The van der Waals surface area contributed by atoms with Crippen molar-refractivity contribution >= 4 is 21.6 Å². The van der Waals surface area contributed by atoms with Crippen LogP contribution in [0.5, 0.6) is 0 Å². The molecule has 2 rings (SSSR count). The lowest BCUT2D eigenvalue weighted by Crippen LogP contribution is -2.41. The molecule has 24 heavy (non-hydrogen) atoms. The quantitative estimate of drug-likeness (QED) is 0.680. The number of hydrogen-bond acceptors (Lipinski definition) is 7. The van der Waals surface area contributed by atoms with Crippen molar-refractivity contribution in [3.05, 3.63) is 18.1 Å².